The number of carbonyl (C=O) groups is 1. The van der Waals surface area contributed by atoms with E-state index in [1.165, 1.54) is 29.2 Å². The zero-order chi connectivity index (χ0) is 27.3. The summed E-state index contributed by atoms with van der Waals surface area (Å²) in [6, 6.07) is 11.3. The van der Waals surface area contributed by atoms with Gasteiger partial charge in [0.25, 0.3) is 10.0 Å². The number of likely N-dealkylation sites (tertiary alicyclic amines) is 1. The molecule has 1 atom stereocenters. The zero-order valence-corrected chi connectivity index (χ0v) is 21.7. The molecule has 8 nitrogen and oxygen atoms in total. The summed E-state index contributed by atoms with van der Waals surface area (Å²) in [6.45, 7) is 0.528. The van der Waals surface area contributed by atoms with Crippen LogP contribution in [0.4, 0.5) is 24.8 Å². The average Bonchev–Trinajstić information content (AvgIpc) is 2.91. The third-order valence-electron chi connectivity index (χ3n) is 6.14. The first-order valence-electron chi connectivity index (χ1n) is 11.8. The molecule has 0 saturated carbocycles. The smallest absolute Gasteiger partial charge is 0.354 e. The third-order valence-corrected chi connectivity index (χ3v) is 8.23. The SMILES string of the molecule is O=C(CN(c1cc(C(F)(F)F)ccc1Cl)S(=O)(=O)c1ccccc1)N1CCCC(CNc2ncccn2)C1. The largest absolute Gasteiger partial charge is 0.416 e. The van der Waals surface area contributed by atoms with Gasteiger partial charge in [-0.3, -0.25) is 9.10 Å². The summed E-state index contributed by atoms with van der Waals surface area (Å²) in [7, 11) is -4.43. The van der Waals surface area contributed by atoms with Crippen LogP contribution in [-0.2, 0) is 21.0 Å². The van der Waals surface area contributed by atoms with Crippen LogP contribution in [0.2, 0.25) is 5.02 Å². The quantitative estimate of drug-likeness (QED) is 0.424. The molecule has 2 aromatic carbocycles. The molecule has 0 radical (unpaired) electrons. The predicted molar refractivity (Wildman–Crippen MR) is 137 cm³/mol. The van der Waals surface area contributed by atoms with Crippen LogP contribution < -0.4 is 9.62 Å². The Kier molecular flexibility index (Phi) is 8.41. The molecule has 2 heterocycles. The molecule has 1 N–H and O–H groups in total. The second kappa shape index (κ2) is 11.6. The Hall–Kier alpha value is -3.38. The number of sulfonamides is 1. The van der Waals surface area contributed by atoms with E-state index in [4.69, 9.17) is 11.6 Å². The van der Waals surface area contributed by atoms with Gasteiger partial charge in [0.15, 0.2) is 0 Å². The number of anilines is 2. The summed E-state index contributed by atoms with van der Waals surface area (Å²) in [5.74, 6) is -0.0401. The summed E-state index contributed by atoms with van der Waals surface area (Å²) in [5, 5.41) is 2.90. The number of benzene rings is 2. The number of hydrogen-bond acceptors (Lipinski definition) is 6. The number of alkyl halides is 3. The topological polar surface area (TPSA) is 95.5 Å². The Balaban J connectivity index is 1.59. The molecule has 0 bridgehead atoms. The van der Waals surface area contributed by atoms with E-state index in [9.17, 15) is 26.4 Å². The molecule has 1 saturated heterocycles. The van der Waals surface area contributed by atoms with E-state index >= 15 is 0 Å². The van der Waals surface area contributed by atoms with Gasteiger partial charge in [-0.15, -0.1) is 0 Å². The van der Waals surface area contributed by atoms with E-state index in [2.05, 4.69) is 15.3 Å². The minimum atomic E-state index is -4.74. The van der Waals surface area contributed by atoms with Gasteiger partial charge in [-0.05, 0) is 55.2 Å². The maximum Gasteiger partial charge on any atom is 0.416 e. The average molecular weight is 568 g/mol. The monoisotopic (exact) mass is 567 g/mol. The Morgan fingerprint density at radius 2 is 1.82 bits per heavy atom. The van der Waals surface area contributed by atoms with Gasteiger partial charge in [-0.25, -0.2) is 18.4 Å². The van der Waals surface area contributed by atoms with Gasteiger partial charge in [-0.2, -0.15) is 13.2 Å². The van der Waals surface area contributed by atoms with E-state index in [0.717, 1.165) is 18.6 Å². The van der Waals surface area contributed by atoms with Crippen LogP contribution in [0.3, 0.4) is 0 Å². The third kappa shape index (κ3) is 6.54. The molecular formula is C25H25ClF3N5O3S. The molecule has 1 fully saturated rings. The summed E-state index contributed by atoms with van der Waals surface area (Å²) < 4.78 is 68.2. The molecule has 13 heteroatoms. The molecular weight excluding hydrogens is 543 g/mol. The van der Waals surface area contributed by atoms with E-state index in [1.807, 2.05) is 0 Å². The molecule has 0 spiro atoms. The fraction of sp³-hybridized carbons (Fsp3) is 0.320. The van der Waals surface area contributed by atoms with Crippen LogP contribution in [0.25, 0.3) is 0 Å². The van der Waals surface area contributed by atoms with E-state index in [1.54, 1.807) is 24.5 Å². The highest BCUT2D eigenvalue weighted by molar-refractivity contribution is 7.92. The van der Waals surface area contributed by atoms with Crippen molar-refractivity contribution in [2.75, 3.05) is 35.8 Å². The van der Waals surface area contributed by atoms with Crippen LogP contribution in [0.1, 0.15) is 18.4 Å². The van der Waals surface area contributed by atoms with Crippen molar-refractivity contribution in [2.45, 2.75) is 23.9 Å². The molecule has 1 aliphatic heterocycles. The highest BCUT2D eigenvalue weighted by Gasteiger charge is 2.35. The number of aromatic nitrogens is 2. The molecule has 3 aromatic rings. The second-order valence-corrected chi connectivity index (χ2v) is 11.1. The fourth-order valence-electron chi connectivity index (χ4n) is 4.21. The number of carbonyl (C=O) groups excluding carboxylic acids is 1. The van der Waals surface area contributed by atoms with Crippen molar-refractivity contribution in [1.29, 1.82) is 0 Å². The van der Waals surface area contributed by atoms with E-state index < -0.39 is 39.9 Å². The Morgan fingerprint density at radius 1 is 1.11 bits per heavy atom. The number of piperidine rings is 1. The zero-order valence-electron chi connectivity index (χ0n) is 20.1. The van der Waals surface area contributed by atoms with Gasteiger partial charge in [0.1, 0.15) is 6.54 Å². The van der Waals surface area contributed by atoms with Gasteiger partial charge in [0.2, 0.25) is 11.9 Å². The summed E-state index contributed by atoms with van der Waals surface area (Å²) in [5.41, 5.74) is -1.50. The molecule has 4 rings (SSSR count). The number of halogens is 4. The lowest BCUT2D eigenvalue weighted by Gasteiger charge is -2.35. The van der Waals surface area contributed by atoms with E-state index in [0.29, 0.717) is 42.4 Å². The van der Waals surface area contributed by atoms with Crippen molar-refractivity contribution in [3.63, 3.8) is 0 Å². The highest BCUT2D eigenvalue weighted by Crippen LogP contribution is 2.37. The lowest BCUT2D eigenvalue weighted by Crippen LogP contribution is -2.47. The van der Waals surface area contributed by atoms with Crippen molar-refractivity contribution in [2.24, 2.45) is 5.92 Å². The molecule has 1 aliphatic rings. The number of nitrogens with zero attached hydrogens (tertiary/aromatic N) is 4. The minimum Gasteiger partial charge on any atom is -0.354 e. The second-order valence-electron chi connectivity index (χ2n) is 8.79. The number of nitrogens with one attached hydrogen (secondary N) is 1. The van der Waals surface area contributed by atoms with Crippen LogP contribution >= 0.6 is 11.6 Å². The van der Waals surface area contributed by atoms with Crippen molar-refractivity contribution in [3.05, 3.63) is 77.6 Å². The molecule has 38 heavy (non-hydrogen) atoms. The first-order valence-corrected chi connectivity index (χ1v) is 13.6. The highest BCUT2D eigenvalue weighted by atomic mass is 35.5. The van der Waals surface area contributed by atoms with Crippen LogP contribution in [0.5, 0.6) is 0 Å². The van der Waals surface area contributed by atoms with Gasteiger partial charge in [-0.1, -0.05) is 29.8 Å². The Bertz CT molecular complexity index is 1360. The molecule has 0 aliphatic carbocycles. The van der Waals surface area contributed by atoms with Crippen molar-refractivity contribution >= 4 is 39.2 Å². The van der Waals surface area contributed by atoms with Crippen molar-refractivity contribution in [1.82, 2.24) is 14.9 Å². The van der Waals surface area contributed by atoms with Gasteiger partial charge >= 0.3 is 6.18 Å². The molecule has 1 unspecified atom stereocenters. The lowest BCUT2D eigenvalue weighted by molar-refractivity contribution is -0.137. The van der Waals surface area contributed by atoms with Crippen molar-refractivity contribution in [3.8, 4) is 0 Å². The number of amides is 1. The first-order chi connectivity index (χ1) is 18.1. The van der Waals surface area contributed by atoms with E-state index in [-0.39, 0.29) is 15.8 Å². The maximum absolute atomic E-state index is 13.6. The standard InChI is InChI=1S/C25H25ClF3N5O3S/c26-21-10-9-19(25(27,28)29)14-22(21)34(38(36,37)20-7-2-1-3-8-20)17-23(35)33-13-4-6-18(16-33)15-32-24-30-11-5-12-31-24/h1-3,5,7-12,14,18H,4,6,13,15-17H2,(H,30,31,32). The van der Waals surface area contributed by atoms with Gasteiger partial charge < -0.3 is 10.2 Å². The van der Waals surface area contributed by atoms with Gasteiger partial charge in [0.05, 0.1) is 21.2 Å². The Labute approximate surface area is 223 Å². The number of rotatable bonds is 8. The fourth-order valence-corrected chi connectivity index (χ4v) is 5.92. The van der Waals surface area contributed by atoms with Crippen molar-refractivity contribution < 1.29 is 26.4 Å². The van der Waals surface area contributed by atoms with Crippen LogP contribution in [0, 0.1) is 5.92 Å². The first kappa shape index (κ1) is 27.6. The molecule has 1 aromatic heterocycles. The normalized spacial score (nSPS) is 16.2. The van der Waals surface area contributed by atoms with Crippen LogP contribution in [-0.4, -0.2) is 55.4 Å². The van der Waals surface area contributed by atoms with Gasteiger partial charge in [0, 0.05) is 32.0 Å². The lowest BCUT2D eigenvalue weighted by atomic mass is 9.98. The summed E-state index contributed by atoms with van der Waals surface area (Å²) in [6.07, 6.45) is -0.0148. The number of hydrogen-bond donors (Lipinski definition) is 1. The predicted octanol–water partition coefficient (Wildman–Crippen LogP) is 4.69. The summed E-state index contributed by atoms with van der Waals surface area (Å²) >= 11 is 6.21. The minimum absolute atomic E-state index is 0.0489. The summed E-state index contributed by atoms with van der Waals surface area (Å²) in [4.78, 5) is 23.0. The molecule has 202 valence electrons. The Morgan fingerprint density at radius 3 is 2.50 bits per heavy atom. The van der Waals surface area contributed by atoms with Crippen LogP contribution in [0.15, 0.2) is 71.9 Å². The molecule has 1 amide bonds. The maximum atomic E-state index is 13.6.